The number of hydrogen-bond donors (Lipinski definition) is 0. The Kier molecular flexibility index (Phi) is 14.2. The summed E-state index contributed by atoms with van der Waals surface area (Å²) in [5.41, 5.74) is 5.68. The maximum Gasteiger partial charge on any atom is 2.00 e. The van der Waals surface area contributed by atoms with Crippen molar-refractivity contribution in [2.75, 3.05) is 0 Å². The quantitative estimate of drug-likeness (QED) is 0.107. The fraction of sp³-hybridized carbons (Fsp3) is 0.111. The number of benzene rings is 6. The minimum Gasteiger partial charge on any atom is -0.383 e. The van der Waals surface area contributed by atoms with E-state index in [1.54, 1.807) is 0 Å². The molecule has 0 amide bonds. The Labute approximate surface area is 444 Å². The van der Waals surface area contributed by atoms with E-state index in [4.69, 9.17) is 60.5 Å². The smallest absolute Gasteiger partial charge is 0.383 e. The molecule has 0 aliphatic heterocycles. The fourth-order valence-electron chi connectivity index (χ4n) is 9.15. The zero-order valence-electron chi connectivity index (χ0n) is 42.2. The van der Waals surface area contributed by atoms with Crippen LogP contribution in [0.25, 0.3) is 68.3 Å². The molecule has 0 spiro atoms. The summed E-state index contributed by atoms with van der Waals surface area (Å²) in [6.07, 6.45) is 0. The Hall–Kier alpha value is -9.19. The first-order valence-electron chi connectivity index (χ1n) is 24.4. The molecule has 0 atom stereocenters. The van der Waals surface area contributed by atoms with Gasteiger partial charge in [0.25, 0.3) is 0 Å². The molecule has 0 bridgehead atoms. The standard InChI is InChI=1S/2C27H25BN9.Mn/c2*1-19-29-25(22-13-7-4-8-14-22)32-35(19)28(36-20(2)30-26(33-36)23-15-9-5-10-16-23)37-21(3)31-27(34-37)24-17-11-6-12-18-24;/h2*4-18,28H,1-3H3;/q2*-1;+2. The van der Waals surface area contributed by atoms with E-state index in [0.29, 0.717) is 34.9 Å². The molecule has 12 aromatic rings. The van der Waals surface area contributed by atoms with Crippen LogP contribution in [0, 0.1) is 41.5 Å². The Morgan fingerprint density at radius 2 is 0.360 bits per heavy atom. The van der Waals surface area contributed by atoms with Gasteiger partial charge >= 0.3 is 31.3 Å². The Morgan fingerprint density at radius 1 is 0.227 bits per heavy atom. The van der Waals surface area contributed by atoms with Crippen molar-refractivity contribution in [3.8, 4) is 68.3 Å². The van der Waals surface area contributed by atoms with Crippen molar-refractivity contribution in [2.45, 2.75) is 41.5 Å². The summed E-state index contributed by atoms with van der Waals surface area (Å²) in [7, 11) is -3.48. The summed E-state index contributed by atoms with van der Waals surface area (Å²) in [5, 5.41) is 29.7. The summed E-state index contributed by atoms with van der Waals surface area (Å²) in [4.78, 5) is 28.8. The number of aryl methyl sites for hydroxylation is 6. The van der Waals surface area contributed by atoms with Crippen LogP contribution >= 0.6 is 0 Å². The summed E-state index contributed by atoms with van der Waals surface area (Å²) in [6, 6.07) is 59.8. The molecular weight excluding hydrogens is 977 g/mol. The van der Waals surface area contributed by atoms with Gasteiger partial charge in [0.1, 0.15) is 0 Å². The molecule has 0 N–H and O–H groups in total. The molecule has 21 heteroatoms. The molecule has 6 heterocycles. The summed E-state index contributed by atoms with van der Waals surface area (Å²) in [5.74, 6) is 8.44. The van der Waals surface area contributed by atoms with Gasteiger partial charge in [-0.25, -0.2) is 29.9 Å². The first-order valence-corrected chi connectivity index (χ1v) is 24.4. The van der Waals surface area contributed by atoms with Gasteiger partial charge in [-0.1, -0.05) is 182 Å². The third-order valence-corrected chi connectivity index (χ3v) is 12.9. The van der Waals surface area contributed by atoms with Gasteiger partial charge in [0.05, 0.1) is 34.9 Å². The van der Waals surface area contributed by atoms with Crippen LogP contribution in [-0.4, -0.2) is 102 Å². The Morgan fingerprint density at radius 3 is 0.493 bits per heavy atom. The minimum atomic E-state index is -1.74. The molecule has 1 radical (unpaired) electrons. The monoisotopic (exact) mass is 1030 g/mol. The minimum absolute atomic E-state index is 0. The maximum atomic E-state index is 4.94. The zero-order valence-corrected chi connectivity index (χ0v) is 43.3. The van der Waals surface area contributed by atoms with Crippen molar-refractivity contribution in [3.63, 3.8) is 0 Å². The van der Waals surface area contributed by atoms with Crippen molar-refractivity contribution in [1.29, 1.82) is 0 Å². The molecule has 0 saturated heterocycles. The Bertz CT molecular complexity index is 3170. The van der Waals surface area contributed by atoms with Gasteiger partial charge in [-0.05, 0) is 41.5 Å². The van der Waals surface area contributed by atoms with E-state index in [-0.39, 0.29) is 17.1 Å². The number of aromatic nitrogens is 18. The summed E-state index contributed by atoms with van der Waals surface area (Å²) >= 11 is 0. The van der Waals surface area contributed by atoms with Crippen molar-refractivity contribution < 1.29 is 17.1 Å². The number of hydrogen-bond acceptors (Lipinski definition) is 12. The van der Waals surface area contributed by atoms with E-state index in [2.05, 4.69) is 0 Å². The van der Waals surface area contributed by atoms with E-state index in [1.807, 2.05) is 251 Å². The summed E-state index contributed by atoms with van der Waals surface area (Å²) in [6.45, 7) is 11.7. The average Bonchev–Trinajstić information content (AvgIpc) is 4.33. The molecule has 0 aliphatic carbocycles. The van der Waals surface area contributed by atoms with E-state index >= 15 is 0 Å². The average molecular weight is 1030 g/mol. The van der Waals surface area contributed by atoms with Crippen LogP contribution < -0.4 is 0 Å². The van der Waals surface area contributed by atoms with Gasteiger partial charge in [0.2, 0.25) is 0 Å². The third-order valence-electron chi connectivity index (χ3n) is 12.9. The first-order chi connectivity index (χ1) is 36.2. The van der Waals surface area contributed by atoms with Gasteiger partial charge < -0.3 is 27.6 Å². The largest absolute Gasteiger partial charge is 2.00 e. The van der Waals surface area contributed by atoms with Crippen LogP contribution in [0.5, 0.6) is 0 Å². The number of rotatable bonds is 12. The summed E-state index contributed by atoms with van der Waals surface area (Å²) < 4.78 is 11.5. The second-order valence-corrected chi connectivity index (χ2v) is 17.9. The molecule has 6 aromatic heterocycles. The van der Waals surface area contributed by atoms with E-state index in [9.17, 15) is 0 Å². The zero-order chi connectivity index (χ0) is 50.7. The normalized spacial score (nSPS) is 11.2. The number of nitrogens with zero attached hydrogens (tertiary/aromatic N) is 18. The molecule has 369 valence electrons. The van der Waals surface area contributed by atoms with Crippen molar-refractivity contribution in [1.82, 2.24) is 88.1 Å². The van der Waals surface area contributed by atoms with Crippen LogP contribution in [0.4, 0.5) is 0 Å². The second kappa shape index (κ2) is 21.5. The van der Waals surface area contributed by atoms with Crippen LogP contribution in [0.3, 0.4) is 0 Å². The molecular formula is C54H50B2MnN18. The van der Waals surface area contributed by atoms with E-state index in [0.717, 1.165) is 68.3 Å². The maximum absolute atomic E-state index is 4.94. The van der Waals surface area contributed by atoms with Gasteiger partial charge in [0, 0.05) is 33.4 Å². The SMILES string of the molecule is Cc1nc(-c2ccccc2)nn1[BH-](n1nc(-c2ccccc2)nc1C)n1nc(-c2ccccc2)nc1C.Cc1nc(-c2ccccc2)nn1[BH-](n1nc(-c2ccccc2)nc1C)n1nc(-c2ccccc2)nc1C.[Mn+2]. The van der Waals surface area contributed by atoms with Crippen molar-refractivity contribution in [2.24, 2.45) is 0 Å². The second-order valence-electron chi connectivity index (χ2n) is 17.9. The van der Waals surface area contributed by atoms with Crippen LogP contribution in [0.1, 0.15) is 34.9 Å². The van der Waals surface area contributed by atoms with Gasteiger partial charge in [-0.2, -0.15) is 30.6 Å². The molecule has 0 saturated carbocycles. The fourth-order valence-corrected chi connectivity index (χ4v) is 9.15. The molecule has 75 heavy (non-hydrogen) atoms. The first kappa shape index (κ1) is 49.4. The van der Waals surface area contributed by atoms with E-state index in [1.165, 1.54) is 0 Å². The molecule has 0 fully saturated rings. The molecule has 0 unspecified atom stereocenters. The van der Waals surface area contributed by atoms with Crippen molar-refractivity contribution in [3.05, 3.63) is 217 Å². The third kappa shape index (κ3) is 10.1. The van der Waals surface area contributed by atoms with E-state index < -0.39 is 14.2 Å². The molecule has 12 rings (SSSR count). The molecule has 0 aliphatic rings. The predicted octanol–water partition coefficient (Wildman–Crippen LogP) is 8.10. The van der Waals surface area contributed by atoms with Crippen LogP contribution in [0.15, 0.2) is 182 Å². The van der Waals surface area contributed by atoms with Gasteiger partial charge in [-0.15, -0.1) is 0 Å². The molecule has 6 aromatic carbocycles. The van der Waals surface area contributed by atoms with Gasteiger partial charge in [-0.3, -0.25) is 0 Å². The van der Waals surface area contributed by atoms with Gasteiger partial charge in [0.15, 0.2) is 34.9 Å². The Balaban J connectivity index is 0.000000169. The van der Waals surface area contributed by atoms with Crippen LogP contribution in [-0.2, 0) is 17.1 Å². The molecule has 18 nitrogen and oxygen atoms in total. The van der Waals surface area contributed by atoms with Crippen LogP contribution in [0.2, 0.25) is 0 Å². The van der Waals surface area contributed by atoms with Crippen molar-refractivity contribution >= 4 is 14.2 Å². The topological polar surface area (TPSA) is 184 Å². The predicted molar refractivity (Wildman–Crippen MR) is 288 cm³/mol.